The van der Waals surface area contributed by atoms with Crippen molar-refractivity contribution in [1.82, 2.24) is 0 Å². The fourth-order valence-corrected chi connectivity index (χ4v) is 2.52. The summed E-state index contributed by atoms with van der Waals surface area (Å²) in [5.74, 6) is 0.251. The molecule has 0 fully saturated rings. The number of hydrogen-bond acceptors (Lipinski definition) is 6. The molecule has 0 atom stereocenters. The Bertz CT molecular complexity index is 881. The Balaban J connectivity index is 1.95. The van der Waals surface area contributed by atoms with Crippen molar-refractivity contribution in [3.8, 4) is 17.2 Å². The summed E-state index contributed by atoms with van der Waals surface area (Å²) in [6, 6.07) is 10.0. The minimum Gasteiger partial charge on any atom is -0.495 e. The number of nitrogens with one attached hydrogen (secondary N) is 1. The molecule has 0 saturated heterocycles. The van der Waals surface area contributed by atoms with Gasteiger partial charge in [-0.25, -0.2) is 4.79 Å². The van der Waals surface area contributed by atoms with E-state index in [1.807, 2.05) is 0 Å². The average Bonchev–Trinajstić information content (AvgIpc) is 2.70. The lowest BCUT2D eigenvalue weighted by Gasteiger charge is -2.10. The van der Waals surface area contributed by atoms with Gasteiger partial charge in [-0.15, -0.1) is 0 Å². The molecule has 0 spiro atoms. The number of hydrogen-bond donors (Lipinski definition) is 1. The van der Waals surface area contributed by atoms with Gasteiger partial charge in [0.05, 0.1) is 27.0 Å². The molecule has 0 saturated carbocycles. The summed E-state index contributed by atoms with van der Waals surface area (Å²) in [4.78, 5) is 23.9. The van der Waals surface area contributed by atoms with Gasteiger partial charge in [-0.3, -0.25) is 4.79 Å². The molecule has 0 aliphatic carbocycles. The summed E-state index contributed by atoms with van der Waals surface area (Å²) in [5, 5.41) is 3.01. The predicted molar refractivity (Wildman–Crippen MR) is 106 cm³/mol. The molecule has 0 aromatic heterocycles. The van der Waals surface area contributed by atoms with Crippen molar-refractivity contribution in [3.63, 3.8) is 0 Å². The Morgan fingerprint density at radius 3 is 2.46 bits per heavy atom. The van der Waals surface area contributed by atoms with Crippen molar-refractivity contribution in [2.24, 2.45) is 0 Å². The maximum absolute atomic E-state index is 12.0. The van der Waals surface area contributed by atoms with Gasteiger partial charge >= 0.3 is 5.97 Å². The van der Waals surface area contributed by atoms with Crippen molar-refractivity contribution in [2.75, 3.05) is 33.3 Å². The first kappa shape index (κ1) is 21.1. The van der Waals surface area contributed by atoms with E-state index >= 15 is 0 Å². The number of esters is 1. The van der Waals surface area contributed by atoms with Gasteiger partial charge in [-0.2, -0.15) is 0 Å². The number of ether oxygens (including phenoxy) is 4. The second-order valence-electron chi connectivity index (χ2n) is 5.42. The Kier molecular flexibility index (Phi) is 7.71. The van der Waals surface area contributed by atoms with E-state index in [9.17, 15) is 9.59 Å². The summed E-state index contributed by atoms with van der Waals surface area (Å²) in [6.07, 6.45) is 2.71. The number of rotatable bonds is 8. The van der Waals surface area contributed by atoms with E-state index in [1.165, 1.54) is 39.5 Å². The third kappa shape index (κ3) is 5.65. The molecule has 2 aromatic rings. The van der Waals surface area contributed by atoms with Crippen LogP contribution in [-0.4, -0.2) is 39.8 Å². The topological polar surface area (TPSA) is 83.1 Å². The van der Waals surface area contributed by atoms with Crippen molar-refractivity contribution < 1.29 is 28.5 Å². The van der Waals surface area contributed by atoms with Crippen LogP contribution in [0.5, 0.6) is 17.2 Å². The number of anilines is 1. The maximum atomic E-state index is 12.0. The highest BCUT2D eigenvalue weighted by molar-refractivity contribution is 6.31. The SMILES string of the molecule is COc1ccc(Cl)cc1NC(=O)COC(=O)/C=C/c1cccc(OC)c1OC. The lowest BCUT2D eigenvalue weighted by atomic mass is 10.1. The molecule has 8 heteroatoms. The predicted octanol–water partition coefficient (Wildman–Crippen LogP) is 3.56. The second-order valence-corrected chi connectivity index (χ2v) is 5.85. The van der Waals surface area contributed by atoms with Crippen LogP contribution in [0, 0.1) is 0 Å². The lowest BCUT2D eigenvalue weighted by molar-refractivity contribution is -0.142. The molecule has 0 bridgehead atoms. The number of carbonyl (C=O) groups excluding carboxylic acids is 2. The number of benzene rings is 2. The average molecular weight is 406 g/mol. The summed E-state index contributed by atoms with van der Waals surface area (Å²) >= 11 is 5.91. The van der Waals surface area contributed by atoms with E-state index in [0.29, 0.717) is 33.5 Å². The van der Waals surface area contributed by atoms with Crippen LogP contribution >= 0.6 is 11.6 Å². The highest BCUT2D eigenvalue weighted by Gasteiger charge is 2.11. The third-order valence-electron chi connectivity index (χ3n) is 3.61. The van der Waals surface area contributed by atoms with Gasteiger partial charge < -0.3 is 24.3 Å². The Hall–Kier alpha value is -3.19. The van der Waals surface area contributed by atoms with E-state index in [1.54, 1.807) is 30.3 Å². The van der Waals surface area contributed by atoms with Crippen molar-refractivity contribution in [3.05, 3.63) is 53.1 Å². The molecule has 1 N–H and O–H groups in total. The maximum Gasteiger partial charge on any atom is 0.331 e. The minimum absolute atomic E-state index is 0.382. The zero-order valence-electron chi connectivity index (χ0n) is 15.7. The molecule has 0 aliphatic heterocycles. The summed E-state index contributed by atoms with van der Waals surface area (Å²) in [5.41, 5.74) is 1.01. The highest BCUT2D eigenvalue weighted by atomic mass is 35.5. The molecular weight excluding hydrogens is 386 g/mol. The fraction of sp³-hybridized carbons (Fsp3) is 0.200. The molecule has 0 heterocycles. The molecule has 2 aromatic carbocycles. The smallest absolute Gasteiger partial charge is 0.331 e. The third-order valence-corrected chi connectivity index (χ3v) is 3.85. The van der Waals surface area contributed by atoms with Crippen LogP contribution < -0.4 is 19.5 Å². The molecule has 148 valence electrons. The number of carbonyl (C=O) groups is 2. The molecule has 0 radical (unpaired) electrons. The standard InChI is InChI=1S/C20H20ClNO6/c1-25-16-9-8-14(21)11-15(16)22-18(23)12-28-19(24)10-7-13-5-4-6-17(26-2)20(13)27-3/h4-11H,12H2,1-3H3,(H,22,23)/b10-7+. The van der Waals surface area contributed by atoms with Gasteiger partial charge in [-0.1, -0.05) is 23.7 Å². The van der Waals surface area contributed by atoms with Crippen LogP contribution in [0.2, 0.25) is 5.02 Å². The summed E-state index contributed by atoms with van der Waals surface area (Å²) < 4.78 is 20.6. The zero-order valence-corrected chi connectivity index (χ0v) is 16.4. The fourth-order valence-electron chi connectivity index (χ4n) is 2.35. The monoisotopic (exact) mass is 405 g/mol. The first-order chi connectivity index (χ1) is 13.5. The van der Waals surface area contributed by atoms with E-state index in [4.69, 9.17) is 30.5 Å². The Labute approximate surface area is 167 Å². The van der Waals surface area contributed by atoms with Crippen LogP contribution in [0.15, 0.2) is 42.5 Å². The van der Waals surface area contributed by atoms with Crippen LogP contribution in [0.25, 0.3) is 6.08 Å². The number of para-hydroxylation sites is 1. The molecule has 2 rings (SSSR count). The first-order valence-corrected chi connectivity index (χ1v) is 8.55. The summed E-state index contributed by atoms with van der Waals surface area (Å²) in [7, 11) is 4.49. The van der Waals surface area contributed by atoms with Crippen LogP contribution in [0.4, 0.5) is 5.69 Å². The Morgan fingerprint density at radius 2 is 1.79 bits per heavy atom. The van der Waals surface area contributed by atoms with E-state index in [2.05, 4.69) is 5.32 Å². The summed E-state index contributed by atoms with van der Waals surface area (Å²) in [6.45, 7) is -0.464. The van der Waals surface area contributed by atoms with E-state index in [0.717, 1.165) is 0 Å². The number of halogens is 1. The minimum atomic E-state index is -0.682. The van der Waals surface area contributed by atoms with E-state index in [-0.39, 0.29) is 0 Å². The van der Waals surface area contributed by atoms with Crippen molar-refractivity contribution >= 4 is 35.2 Å². The first-order valence-electron chi connectivity index (χ1n) is 8.17. The van der Waals surface area contributed by atoms with Gasteiger partial charge in [0.25, 0.3) is 5.91 Å². The Morgan fingerprint density at radius 1 is 1.04 bits per heavy atom. The molecular formula is C20H20ClNO6. The van der Waals surface area contributed by atoms with Gasteiger partial charge in [0.15, 0.2) is 18.1 Å². The van der Waals surface area contributed by atoms with Crippen LogP contribution in [0.1, 0.15) is 5.56 Å². The molecule has 0 aliphatic rings. The second kappa shape index (κ2) is 10.2. The molecule has 28 heavy (non-hydrogen) atoms. The van der Waals surface area contributed by atoms with Crippen molar-refractivity contribution in [2.45, 2.75) is 0 Å². The van der Waals surface area contributed by atoms with Crippen LogP contribution in [-0.2, 0) is 14.3 Å². The number of methoxy groups -OCH3 is 3. The number of amides is 1. The van der Waals surface area contributed by atoms with Gasteiger partial charge in [0, 0.05) is 16.7 Å². The van der Waals surface area contributed by atoms with E-state index < -0.39 is 18.5 Å². The van der Waals surface area contributed by atoms with Gasteiger partial charge in [0.2, 0.25) is 0 Å². The molecule has 0 unspecified atom stereocenters. The highest BCUT2D eigenvalue weighted by Crippen LogP contribution is 2.31. The van der Waals surface area contributed by atoms with Crippen LogP contribution in [0.3, 0.4) is 0 Å². The normalized spacial score (nSPS) is 10.4. The van der Waals surface area contributed by atoms with Gasteiger partial charge in [0.1, 0.15) is 5.75 Å². The molecule has 7 nitrogen and oxygen atoms in total. The van der Waals surface area contributed by atoms with Gasteiger partial charge in [-0.05, 0) is 30.3 Å². The molecule has 1 amide bonds. The lowest BCUT2D eigenvalue weighted by Crippen LogP contribution is -2.20. The quantitative estimate of drug-likeness (QED) is 0.534. The van der Waals surface area contributed by atoms with Crippen molar-refractivity contribution in [1.29, 1.82) is 0 Å². The largest absolute Gasteiger partial charge is 0.495 e. The zero-order chi connectivity index (χ0) is 20.5.